The van der Waals surface area contributed by atoms with E-state index in [9.17, 15) is 17.6 Å². The van der Waals surface area contributed by atoms with Crippen LogP contribution in [0.4, 0.5) is 10.3 Å². The lowest BCUT2D eigenvalue weighted by Gasteiger charge is -2.28. The van der Waals surface area contributed by atoms with Gasteiger partial charge in [0.25, 0.3) is 0 Å². The van der Waals surface area contributed by atoms with Gasteiger partial charge in [-0.15, -0.1) is 0 Å². The molecule has 1 N–H and O–H groups in total. The zero-order valence-corrected chi connectivity index (χ0v) is 19.3. The molecule has 2 atom stereocenters. The number of carbonyl (C=O) groups is 1. The van der Waals surface area contributed by atoms with Gasteiger partial charge in [-0.3, -0.25) is 10.1 Å². The van der Waals surface area contributed by atoms with Crippen LogP contribution < -0.4 is 5.32 Å². The third kappa shape index (κ3) is 5.27. The van der Waals surface area contributed by atoms with Crippen LogP contribution in [0.3, 0.4) is 0 Å². The molecule has 2 unspecified atom stereocenters. The molecule has 0 aliphatic carbocycles. The summed E-state index contributed by atoms with van der Waals surface area (Å²) < 4.78 is 55.1. The van der Waals surface area contributed by atoms with E-state index < -0.39 is 32.3 Å². The molecule has 3 heterocycles. The average Bonchev–Trinajstić information content (AvgIpc) is 3.37. The predicted octanol–water partition coefficient (Wildman–Crippen LogP) is 2.59. The van der Waals surface area contributed by atoms with Crippen molar-refractivity contribution in [3.63, 3.8) is 0 Å². The van der Waals surface area contributed by atoms with Gasteiger partial charge in [-0.25, -0.2) is 12.8 Å². The van der Waals surface area contributed by atoms with Gasteiger partial charge in [0.1, 0.15) is 6.17 Å². The highest BCUT2D eigenvalue weighted by atomic mass is 32.2. The molecule has 1 amide bonds. The van der Waals surface area contributed by atoms with Crippen LogP contribution in [0, 0.1) is 0 Å². The van der Waals surface area contributed by atoms with Crippen LogP contribution in [0.5, 0.6) is 0 Å². The molecule has 1 aromatic rings. The normalized spacial score (nSPS) is 23.8. The second kappa shape index (κ2) is 9.13. The van der Waals surface area contributed by atoms with E-state index in [0.717, 1.165) is 23.6 Å². The van der Waals surface area contributed by atoms with E-state index in [1.54, 1.807) is 6.07 Å². The van der Waals surface area contributed by atoms with E-state index in [1.165, 1.54) is 13.8 Å². The summed E-state index contributed by atoms with van der Waals surface area (Å²) in [6.45, 7) is 7.30. The number of carbonyl (C=O) groups excluding carboxylic acids is 1. The highest BCUT2D eigenvalue weighted by molar-refractivity contribution is 7.91. The topological polar surface area (TPSA) is 111 Å². The quantitative estimate of drug-likeness (QED) is 0.633. The molecular formula is C20H32FN3O6S. The van der Waals surface area contributed by atoms with Gasteiger partial charge in [-0.05, 0) is 39.5 Å². The number of halogens is 1. The maximum Gasteiger partial charge on any atom is 0.249 e. The van der Waals surface area contributed by atoms with Crippen molar-refractivity contribution >= 4 is 21.8 Å². The predicted molar refractivity (Wildman–Crippen MR) is 112 cm³/mol. The second-order valence-corrected chi connectivity index (χ2v) is 11.8. The third-order valence-corrected chi connectivity index (χ3v) is 8.32. The molecule has 0 radical (unpaired) electrons. The van der Waals surface area contributed by atoms with Crippen LogP contribution in [0.25, 0.3) is 0 Å². The van der Waals surface area contributed by atoms with Gasteiger partial charge >= 0.3 is 0 Å². The standard InChI is InChI=1S/C20H32FN3O6S/c1-19(2,13-29-17-7-5-6-10-28-17)15-11-16(30-23-15)22-18(25)20(3,4)31(26,27)24-9-8-14(21)12-24/h11,14,17H,5-10,12-13H2,1-4H3,(H,22,25). The lowest BCUT2D eigenvalue weighted by molar-refractivity contribution is -0.170. The van der Waals surface area contributed by atoms with Gasteiger partial charge in [0.2, 0.25) is 21.8 Å². The molecule has 2 aliphatic rings. The number of rotatable bonds is 8. The fraction of sp³-hybridized carbons (Fsp3) is 0.800. The SMILES string of the molecule is CC(C)(COC1CCCCO1)c1cc(NC(=O)C(C)(C)S(=O)(=O)N2CCC(F)C2)on1. The number of aromatic nitrogens is 1. The first kappa shape index (κ1) is 24.1. The first-order valence-electron chi connectivity index (χ1n) is 10.6. The number of sulfonamides is 1. The number of hydrogen-bond acceptors (Lipinski definition) is 7. The Morgan fingerprint density at radius 1 is 1.32 bits per heavy atom. The number of amides is 1. The van der Waals surface area contributed by atoms with Crippen LogP contribution in [0.1, 0.15) is 59.1 Å². The molecule has 9 nitrogen and oxygen atoms in total. The number of anilines is 1. The van der Waals surface area contributed by atoms with Crippen molar-refractivity contribution in [3.8, 4) is 0 Å². The molecule has 2 aliphatic heterocycles. The van der Waals surface area contributed by atoms with E-state index >= 15 is 0 Å². The number of alkyl halides is 1. The highest BCUT2D eigenvalue weighted by Crippen LogP contribution is 2.30. The minimum Gasteiger partial charge on any atom is -0.353 e. The smallest absolute Gasteiger partial charge is 0.249 e. The Morgan fingerprint density at radius 3 is 2.68 bits per heavy atom. The minimum absolute atomic E-state index is 0.0371. The number of hydrogen-bond donors (Lipinski definition) is 1. The molecule has 31 heavy (non-hydrogen) atoms. The van der Waals surface area contributed by atoms with Gasteiger partial charge in [0, 0.05) is 31.2 Å². The molecule has 0 bridgehead atoms. The van der Waals surface area contributed by atoms with Crippen molar-refractivity contribution < 1.29 is 31.6 Å². The number of ether oxygens (including phenoxy) is 2. The average molecular weight is 462 g/mol. The largest absolute Gasteiger partial charge is 0.353 e. The fourth-order valence-electron chi connectivity index (χ4n) is 3.48. The Labute approximate surface area is 182 Å². The van der Waals surface area contributed by atoms with E-state index in [1.807, 2.05) is 13.8 Å². The fourth-order valence-corrected chi connectivity index (χ4v) is 5.11. The van der Waals surface area contributed by atoms with Gasteiger partial charge in [-0.2, -0.15) is 4.31 Å². The number of nitrogens with one attached hydrogen (secondary N) is 1. The van der Waals surface area contributed by atoms with Crippen molar-refractivity contribution in [3.05, 3.63) is 11.8 Å². The highest BCUT2D eigenvalue weighted by Gasteiger charge is 2.48. The van der Waals surface area contributed by atoms with Crippen molar-refractivity contribution in [2.75, 3.05) is 31.6 Å². The maximum atomic E-state index is 13.5. The van der Waals surface area contributed by atoms with Crippen molar-refractivity contribution in [1.29, 1.82) is 0 Å². The Morgan fingerprint density at radius 2 is 2.06 bits per heavy atom. The van der Waals surface area contributed by atoms with Crippen molar-refractivity contribution in [2.45, 2.75) is 76.0 Å². The number of nitrogens with zero attached hydrogens (tertiary/aromatic N) is 2. The van der Waals surface area contributed by atoms with Gasteiger partial charge in [0.05, 0.1) is 12.3 Å². The molecule has 0 saturated carbocycles. The molecule has 3 rings (SSSR count). The molecular weight excluding hydrogens is 429 g/mol. The zero-order chi connectivity index (χ0) is 22.9. The summed E-state index contributed by atoms with van der Waals surface area (Å²) in [7, 11) is -4.05. The van der Waals surface area contributed by atoms with Crippen LogP contribution >= 0.6 is 0 Å². The lowest BCUT2D eigenvalue weighted by atomic mass is 9.90. The lowest BCUT2D eigenvalue weighted by Crippen LogP contribution is -2.51. The minimum atomic E-state index is -4.05. The molecule has 2 saturated heterocycles. The third-order valence-electron chi connectivity index (χ3n) is 5.83. The van der Waals surface area contributed by atoms with Crippen molar-refractivity contribution in [1.82, 2.24) is 9.46 Å². The molecule has 176 valence electrons. The Hall–Kier alpha value is -1.56. The molecule has 2 fully saturated rings. The summed E-state index contributed by atoms with van der Waals surface area (Å²) in [6, 6.07) is 1.55. The van der Waals surface area contributed by atoms with E-state index in [-0.39, 0.29) is 31.7 Å². The monoisotopic (exact) mass is 461 g/mol. The Kier molecular flexibility index (Phi) is 7.09. The van der Waals surface area contributed by atoms with E-state index in [4.69, 9.17) is 14.0 Å². The summed E-state index contributed by atoms with van der Waals surface area (Å²) >= 11 is 0. The first-order valence-corrected chi connectivity index (χ1v) is 12.0. The summed E-state index contributed by atoms with van der Waals surface area (Å²) in [6.07, 6.45) is 1.63. The van der Waals surface area contributed by atoms with E-state index in [0.29, 0.717) is 18.9 Å². The van der Waals surface area contributed by atoms with Crippen LogP contribution in [0.2, 0.25) is 0 Å². The second-order valence-electron chi connectivity index (χ2n) is 9.28. The molecule has 1 aromatic heterocycles. The Bertz CT molecular complexity index is 879. The van der Waals surface area contributed by atoms with Crippen LogP contribution in [-0.4, -0.2) is 67.3 Å². The van der Waals surface area contributed by atoms with Gasteiger partial charge < -0.3 is 14.0 Å². The summed E-state index contributed by atoms with van der Waals surface area (Å²) in [5, 5.41) is 6.50. The first-order chi connectivity index (χ1) is 14.4. The summed E-state index contributed by atoms with van der Waals surface area (Å²) in [4.78, 5) is 12.8. The van der Waals surface area contributed by atoms with Gasteiger partial charge in [0.15, 0.2) is 11.0 Å². The molecule has 11 heteroatoms. The molecule has 0 aromatic carbocycles. The van der Waals surface area contributed by atoms with Crippen molar-refractivity contribution in [2.24, 2.45) is 0 Å². The summed E-state index contributed by atoms with van der Waals surface area (Å²) in [5.74, 6) is -0.739. The van der Waals surface area contributed by atoms with Crippen LogP contribution in [-0.2, 0) is 29.7 Å². The van der Waals surface area contributed by atoms with Crippen LogP contribution in [0.15, 0.2) is 10.6 Å². The van der Waals surface area contributed by atoms with E-state index in [2.05, 4.69) is 10.5 Å². The molecule has 0 spiro atoms. The zero-order valence-electron chi connectivity index (χ0n) is 18.5. The Balaban J connectivity index is 1.63. The van der Waals surface area contributed by atoms with Gasteiger partial charge in [-0.1, -0.05) is 19.0 Å². The maximum absolute atomic E-state index is 13.5. The summed E-state index contributed by atoms with van der Waals surface area (Å²) in [5.41, 5.74) is 0.0414.